The Labute approximate surface area is 186 Å². The highest BCUT2D eigenvalue weighted by molar-refractivity contribution is 5.92. The molecular formula is C24H28F2N2O4. The number of hydrogen-bond acceptors (Lipinski definition) is 5. The fourth-order valence-electron chi connectivity index (χ4n) is 3.82. The molecule has 2 aromatic carbocycles. The van der Waals surface area contributed by atoms with Gasteiger partial charge in [-0.05, 0) is 55.8 Å². The highest BCUT2D eigenvalue weighted by Gasteiger charge is 2.24. The number of carbonyl (C=O) groups is 1. The number of benzene rings is 2. The molecule has 0 spiro atoms. The van der Waals surface area contributed by atoms with Gasteiger partial charge >= 0.3 is 6.61 Å². The van der Waals surface area contributed by atoms with Gasteiger partial charge in [0.15, 0.2) is 11.5 Å². The number of likely N-dealkylation sites (tertiary alicyclic amines) is 1. The maximum Gasteiger partial charge on any atom is 0.387 e. The molecule has 1 heterocycles. The van der Waals surface area contributed by atoms with Crippen molar-refractivity contribution in [3.05, 3.63) is 59.7 Å². The van der Waals surface area contributed by atoms with E-state index in [1.165, 1.54) is 25.3 Å². The number of methoxy groups -OCH3 is 2. The minimum atomic E-state index is -3.00. The van der Waals surface area contributed by atoms with E-state index >= 15 is 0 Å². The van der Waals surface area contributed by atoms with Crippen LogP contribution >= 0.6 is 0 Å². The molecule has 1 saturated heterocycles. The molecule has 2 aromatic rings. The summed E-state index contributed by atoms with van der Waals surface area (Å²) in [6, 6.07) is 12.6. The predicted octanol–water partition coefficient (Wildman–Crippen LogP) is 4.27. The average molecular weight is 446 g/mol. The van der Waals surface area contributed by atoms with Crippen molar-refractivity contribution in [3.63, 3.8) is 0 Å². The van der Waals surface area contributed by atoms with Crippen LogP contribution in [0.3, 0.4) is 0 Å². The molecule has 6 nitrogen and oxygen atoms in total. The Morgan fingerprint density at radius 2 is 1.88 bits per heavy atom. The van der Waals surface area contributed by atoms with Gasteiger partial charge in [0.05, 0.1) is 20.3 Å². The van der Waals surface area contributed by atoms with Gasteiger partial charge in [0.25, 0.3) is 0 Å². The highest BCUT2D eigenvalue weighted by Crippen LogP contribution is 2.33. The molecule has 0 saturated carbocycles. The van der Waals surface area contributed by atoms with Crippen LogP contribution in [0.5, 0.6) is 17.2 Å². The second kappa shape index (κ2) is 11.5. The molecule has 0 aromatic heterocycles. The number of nitrogens with zero attached hydrogens (tertiary/aromatic N) is 1. The number of ether oxygens (including phenoxy) is 3. The monoisotopic (exact) mass is 446 g/mol. The number of carbonyl (C=O) groups excluding carboxylic acids is 1. The molecule has 8 heteroatoms. The molecule has 1 amide bonds. The maximum atomic E-state index is 12.8. The van der Waals surface area contributed by atoms with E-state index in [-0.39, 0.29) is 23.4 Å². The predicted molar refractivity (Wildman–Crippen MR) is 118 cm³/mol. The van der Waals surface area contributed by atoms with E-state index in [0.29, 0.717) is 12.1 Å². The summed E-state index contributed by atoms with van der Waals surface area (Å²) in [6.45, 7) is -0.664. The summed E-state index contributed by atoms with van der Waals surface area (Å²) in [5.41, 5.74) is 1.39. The third-order valence-corrected chi connectivity index (χ3v) is 5.38. The van der Waals surface area contributed by atoms with E-state index < -0.39 is 6.61 Å². The lowest BCUT2D eigenvalue weighted by atomic mass is 10.0. The molecule has 0 bridgehead atoms. The number of halogens is 2. The van der Waals surface area contributed by atoms with Crippen LogP contribution in [0.4, 0.5) is 8.78 Å². The zero-order chi connectivity index (χ0) is 22.9. The van der Waals surface area contributed by atoms with Crippen LogP contribution < -0.4 is 19.5 Å². The van der Waals surface area contributed by atoms with Crippen molar-refractivity contribution in [2.75, 3.05) is 33.9 Å². The third kappa shape index (κ3) is 6.20. The van der Waals surface area contributed by atoms with Crippen molar-refractivity contribution >= 4 is 12.0 Å². The Morgan fingerprint density at radius 1 is 1.12 bits per heavy atom. The van der Waals surface area contributed by atoms with E-state index in [1.54, 1.807) is 19.2 Å². The molecule has 1 atom stereocenters. The number of amides is 1. The van der Waals surface area contributed by atoms with Gasteiger partial charge in [0, 0.05) is 18.2 Å². The number of para-hydroxylation sites is 1. The van der Waals surface area contributed by atoms with Crippen LogP contribution in [0, 0.1) is 0 Å². The largest absolute Gasteiger partial charge is 0.497 e. The molecule has 0 aliphatic carbocycles. The molecule has 1 unspecified atom stereocenters. The standard InChI is InChI=1S/C24H28F2N2O4/c1-30-19-9-5-8-18(15-19)20(28-13-3-4-14-28)16-27-22(29)12-11-17-7-6-10-21(31-2)23(17)32-24(25)26/h5-12,15,20,24H,3-4,13-14,16H2,1-2H3,(H,27,29)/b12-11+. The Balaban J connectivity index is 1.71. The van der Waals surface area contributed by atoms with Gasteiger partial charge in [-0.1, -0.05) is 24.3 Å². The van der Waals surface area contributed by atoms with Gasteiger partial charge in [-0.2, -0.15) is 8.78 Å². The maximum absolute atomic E-state index is 12.8. The lowest BCUT2D eigenvalue weighted by molar-refractivity contribution is -0.116. The Kier molecular flexibility index (Phi) is 8.44. The van der Waals surface area contributed by atoms with Crippen molar-refractivity contribution in [3.8, 4) is 17.2 Å². The molecule has 0 radical (unpaired) electrons. The summed E-state index contributed by atoms with van der Waals surface area (Å²) in [6.07, 6.45) is 4.99. The van der Waals surface area contributed by atoms with E-state index in [9.17, 15) is 13.6 Å². The van der Waals surface area contributed by atoms with E-state index in [0.717, 1.165) is 37.2 Å². The fourth-order valence-corrected chi connectivity index (χ4v) is 3.82. The van der Waals surface area contributed by atoms with Crippen molar-refractivity contribution in [1.82, 2.24) is 10.2 Å². The van der Waals surface area contributed by atoms with Crippen molar-refractivity contribution < 1.29 is 27.8 Å². The van der Waals surface area contributed by atoms with Gasteiger partial charge in [0.1, 0.15) is 5.75 Å². The lowest BCUT2D eigenvalue weighted by Gasteiger charge is -2.28. The summed E-state index contributed by atoms with van der Waals surface area (Å²) in [7, 11) is 2.99. The number of hydrogen-bond donors (Lipinski definition) is 1. The van der Waals surface area contributed by atoms with Gasteiger partial charge in [-0.15, -0.1) is 0 Å². The SMILES string of the molecule is COc1cccc(C(CNC(=O)/C=C/c2cccc(OC)c2OC(F)F)N2CCCC2)c1. The van der Waals surface area contributed by atoms with E-state index in [1.807, 2.05) is 24.3 Å². The van der Waals surface area contributed by atoms with Crippen LogP contribution in [-0.4, -0.2) is 51.3 Å². The average Bonchev–Trinajstić information content (AvgIpc) is 3.33. The van der Waals surface area contributed by atoms with Crippen LogP contribution in [0.25, 0.3) is 6.08 Å². The van der Waals surface area contributed by atoms with Crippen LogP contribution in [0.15, 0.2) is 48.5 Å². The summed E-state index contributed by atoms with van der Waals surface area (Å²) >= 11 is 0. The first-order valence-corrected chi connectivity index (χ1v) is 10.5. The van der Waals surface area contributed by atoms with Gasteiger partial charge in [0.2, 0.25) is 5.91 Å². The number of rotatable bonds is 10. The van der Waals surface area contributed by atoms with Crippen LogP contribution in [0.2, 0.25) is 0 Å². The lowest BCUT2D eigenvalue weighted by Crippen LogP contribution is -2.36. The molecule has 1 aliphatic heterocycles. The minimum Gasteiger partial charge on any atom is -0.497 e. The highest BCUT2D eigenvalue weighted by atomic mass is 19.3. The Bertz CT molecular complexity index is 930. The fraction of sp³-hybridized carbons (Fsp3) is 0.375. The number of alkyl halides is 2. The topological polar surface area (TPSA) is 60.0 Å². The Morgan fingerprint density at radius 3 is 2.56 bits per heavy atom. The summed E-state index contributed by atoms with van der Waals surface area (Å²) in [4.78, 5) is 14.9. The second-order valence-electron chi connectivity index (χ2n) is 7.37. The van der Waals surface area contributed by atoms with Crippen molar-refractivity contribution in [2.45, 2.75) is 25.5 Å². The second-order valence-corrected chi connectivity index (χ2v) is 7.37. The zero-order valence-electron chi connectivity index (χ0n) is 18.2. The molecule has 3 rings (SSSR count). The van der Waals surface area contributed by atoms with Crippen LogP contribution in [-0.2, 0) is 4.79 Å². The zero-order valence-corrected chi connectivity index (χ0v) is 18.2. The first-order chi connectivity index (χ1) is 15.5. The molecular weight excluding hydrogens is 418 g/mol. The molecule has 172 valence electrons. The quantitative estimate of drug-likeness (QED) is 0.553. The van der Waals surface area contributed by atoms with Crippen molar-refractivity contribution in [1.29, 1.82) is 0 Å². The first kappa shape index (κ1) is 23.5. The van der Waals surface area contributed by atoms with E-state index in [4.69, 9.17) is 9.47 Å². The van der Waals surface area contributed by atoms with Crippen LogP contribution in [0.1, 0.15) is 30.0 Å². The first-order valence-electron chi connectivity index (χ1n) is 10.5. The molecule has 32 heavy (non-hydrogen) atoms. The number of nitrogens with one attached hydrogen (secondary N) is 1. The summed E-state index contributed by atoms with van der Waals surface area (Å²) < 4.78 is 40.6. The Hall–Kier alpha value is -3.13. The normalized spacial score (nSPS) is 15.2. The van der Waals surface area contributed by atoms with Gasteiger partial charge < -0.3 is 19.5 Å². The smallest absolute Gasteiger partial charge is 0.387 e. The molecule has 1 aliphatic rings. The summed E-state index contributed by atoms with van der Waals surface area (Å²) in [5.74, 6) is 0.491. The summed E-state index contributed by atoms with van der Waals surface area (Å²) in [5, 5.41) is 2.93. The van der Waals surface area contributed by atoms with Gasteiger partial charge in [-0.3, -0.25) is 9.69 Å². The van der Waals surface area contributed by atoms with Crippen molar-refractivity contribution in [2.24, 2.45) is 0 Å². The minimum absolute atomic E-state index is 0.0134. The molecule has 1 N–H and O–H groups in total. The third-order valence-electron chi connectivity index (χ3n) is 5.38. The van der Waals surface area contributed by atoms with Gasteiger partial charge in [-0.25, -0.2) is 0 Å². The van der Waals surface area contributed by atoms with E-state index in [2.05, 4.69) is 15.0 Å². The molecule has 1 fully saturated rings.